The first-order valence-corrected chi connectivity index (χ1v) is 10.0. The maximum atomic E-state index is 13.4. The molecule has 0 spiro atoms. The van der Waals surface area contributed by atoms with Crippen LogP contribution < -0.4 is 10.1 Å². The number of nitrogens with one attached hydrogen (secondary N) is 1. The monoisotopic (exact) mass is 439 g/mol. The molecule has 0 fully saturated rings. The quantitative estimate of drug-likeness (QED) is 0.512. The number of ether oxygens (including phenoxy) is 2. The molecule has 0 aliphatic rings. The molecule has 166 valence electrons. The van der Waals surface area contributed by atoms with Crippen LogP contribution in [0, 0.1) is 11.6 Å². The molecule has 1 N–H and O–H groups in total. The first-order chi connectivity index (χ1) is 15.4. The molecule has 3 aromatic carbocycles. The average Bonchev–Trinajstić information content (AvgIpc) is 2.80. The van der Waals surface area contributed by atoms with E-state index in [1.54, 1.807) is 18.2 Å². The van der Waals surface area contributed by atoms with E-state index in [2.05, 4.69) is 5.32 Å². The van der Waals surface area contributed by atoms with E-state index >= 15 is 0 Å². The van der Waals surface area contributed by atoms with Crippen molar-refractivity contribution < 1.29 is 27.8 Å². The van der Waals surface area contributed by atoms with E-state index in [1.165, 1.54) is 13.2 Å². The summed E-state index contributed by atoms with van der Waals surface area (Å²) in [4.78, 5) is 24.6. The number of hydrogen-bond acceptors (Lipinski definition) is 4. The standard InChI is InChI=1S/C25H23F2NO4/c1-31-25(30)23(28-24(29)15-19-10-11-21(26)22(27)13-19)14-18-8-5-9-20(12-18)32-16-17-6-3-2-4-7-17/h2-13,23H,14-16H2,1H3,(H,28,29)/t23-/m1/s1. The van der Waals surface area contributed by atoms with E-state index < -0.39 is 29.6 Å². The predicted molar refractivity (Wildman–Crippen MR) is 115 cm³/mol. The first kappa shape index (κ1) is 22.9. The summed E-state index contributed by atoms with van der Waals surface area (Å²) in [6.45, 7) is 0.399. The molecule has 5 nitrogen and oxygen atoms in total. The van der Waals surface area contributed by atoms with Crippen LogP contribution in [0.3, 0.4) is 0 Å². The maximum Gasteiger partial charge on any atom is 0.328 e. The number of carbonyl (C=O) groups excluding carboxylic acids is 2. The molecule has 3 aromatic rings. The fourth-order valence-electron chi connectivity index (χ4n) is 3.15. The SMILES string of the molecule is COC(=O)[C@@H](Cc1cccc(OCc2ccccc2)c1)NC(=O)Cc1ccc(F)c(F)c1. The molecule has 1 atom stereocenters. The van der Waals surface area contributed by atoms with Gasteiger partial charge in [0.25, 0.3) is 0 Å². The number of amides is 1. The van der Waals surface area contributed by atoms with E-state index in [1.807, 2.05) is 36.4 Å². The van der Waals surface area contributed by atoms with Crippen molar-refractivity contribution in [2.24, 2.45) is 0 Å². The van der Waals surface area contributed by atoms with Gasteiger partial charge in [0, 0.05) is 6.42 Å². The highest BCUT2D eigenvalue weighted by molar-refractivity contribution is 5.85. The van der Waals surface area contributed by atoms with Crippen LogP contribution in [0.2, 0.25) is 0 Å². The summed E-state index contributed by atoms with van der Waals surface area (Å²) in [6, 6.07) is 19.2. The summed E-state index contributed by atoms with van der Waals surface area (Å²) in [6.07, 6.45) is -0.0242. The molecule has 0 aliphatic carbocycles. The fourth-order valence-corrected chi connectivity index (χ4v) is 3.15. The average molecular weight is 439 g/mol. The number of rotatable bonds is 9. The van der Waals surface area contributed by atoms with Gasteiger partial charge in [-0.1, -0.05) is 48.5 Å². The second-order valence-corrected chi connectivity index (χ2v) is 7.19. The summed E-state index contributed by atoms with van der Waals surface area (Å²) >= 11 is 0. The van der Waals surface area contributed by atoms with Crippen LogP contribution in [0.1, 0.15) is 16.7 Å². The van der Waals surface area contributed by atoms with Gasteiger partial charge in [-0.05, 0) is 41.0 Å². The number of esters is 1. The van der Waals surface area contributed by atoms with Crippen molar-refractivity contribution in [3.8, 4) is 5.75 Å². The van der Waals surface area contributed by atoms with Crippen LogP contribution in [0.5, 0.6) is 5.75 Å². The third-order valence-electron chi connectivity index (χ3n) is 4.76. The zero-order chi connectivity index (χ0) is 22.9. The molecule has 32 heavy (non-hydrogen) atoms. The third-order valence-corrected chi connectivity index (χ3v) is 4.76. The van der Waals surface area contributed by atoms with Gasteiger partial charge in [-0.15, -0.1) is 0 Å². The van der Waals surface area contributed by atoms with Gasteiger partial charge in [-0.25, -0.2) is 13.6 Å². The van der Waals surface area contributed by atoms with Crippen LogP contribution in [0.15, 0.2) is 72.8 Å². The third kappa shape index (κ3) is 6.63. The molecule has 0 saturated carbocycles. The summed E-state index contributed by atoms with van der Waals surface area (Å²) in [7, 11) is 1.23. The summed E-state index contributed by atoms with van der Waals surface area (Å²) < 4.78 is 37.1. The van der Waals surface area contributed by atoms with Gasteiger partial charge in [0.1, 0.15) is 18.4 Å². The van der Waals surface area contributed by atoms with E-state index in [9.17, 15) is 18.4 Å². The smallest absolute Gasteiger partial charge is 0.328 e. The van der Waals surface area contributed by atoms with Crippen molar-refractivity contribution in [1.82, 2.24) is 5.32 Å². The Balaban J connectivity index is 1.64. The summed E-state index contributed by atoms with van der Waals surface area (Å²) in [5.74, 6) is -2.52. The second-order valence-electron chi connectivity index (χ2n) is 7.19. The largest absolute Gasteiger partial charge is 0.489 e. The molecular formula is C25H23F2NO4. The fraction of sp³-hybridized carbons (Fsp3) is 0.200. The molecule has 0 heterocycles. The number of benzene rings is 3. The lowest BCUT2D eigenvalue weighted by Crippen LogP contribution is -2.43. The topological polar surface area (TPSA) is 64.6 Å². The van der Waals surface area contributed by atoms with Gasteiger partial charge < -0.3 is 14.8 Å². The lowest BCUT2D eigenvalue weighted by atomic mass is 10.0. The molecule has 0 saturated heterocycles. The molecule has 0 bridgehead atoms. The van der Waals surface area contributed by atoms with Crippen LogP contribution in [0.4, 0.5) is 8.78 Å². The molecule has 0 radical (unpaired) electrons. The minimum atomic E-state index is -1.04. The number of methoxy groups -OCH3 is 1. The Morgan fingerprint density at radius 2 is 1.62 bits per heavy atom. The van der Waals surface area contributed by atoms with Gasteiger partial charge in [0.2, 0.25) is 5.91 Å². The van der Waals surface area contributed by atoms with Crippen LogP contribution in [-0.4, -0.2) is 25.0 Å². The van der Waals surface area contributed by atoms with Gasteiger partial charge in [-0.2, -0.15) is 0 Å². The van der Waals surface area contributed by atoms with Crippen molar-refractivity contribution in [1.29, 1.82) is 0 Å². The molecule has 0 aromatic heterocycles. The molecule has 0 aliphatic heterocycles. The molecular weight excluding hydrogens is 416 g/mol. The number of hydrogen-bond donors (Lipinski definition) is 1. The van der Waals surface area contributed by atoms with Crippen molar-refractivity contribution in [3.63, 3.8) is 0 Å². The lowest BCUT2D eigenvalue weighted by molar-refractivity contribution is -0.145. The first-order valence-electron chi connectivity index (χ1n) is 10.0. The van der Waals surface area contributed by atoms with Gasteiger partial charge in [-0.3, -0.25) is 4.79 Å². The van der Waals surface area contributed by atoms with E-state index in [4.69, 9.17) is 9.47 Å². The van der Waals surface area contributed by atoms with E-state index in [0.29, 0.717) is 17.9 Å². The Hall–Kier alpha value is -3.74. The van der Waals surface area contributed by atoms with Gasteiger partial charge >= 0.3 is 5.97 Å². The minimum Gasteiger partial charge on any atom is -0.489 e. The number of carbonyl (C=O) groups is 2. The van der Waals surface area contributed by atoms with Crippen LogP contribution in [-0.2, 0) is 33.8 Å². The highest BCUT2D eigenvalue weighted by Crippen LogP contribution is 2.17. The predicted octanol–water partition coefficient (Wildman–Crippen LogP) is 3.99. The summed E-state index contributed by atoms with van der Waals surface area (Å²) in [5.41, 5.74) is 2.08. The highest BCUT2D eigenvalue weighted by Gasteiger charge is 2.22. The molecule has 3 rings (SSSR count). The normalized spacial score (nSPS) is 11.5. The summed E-state index contributed by atoms with van der Waals surface area (Å²) in [5, 5.41) is 2.61. The van der Waals surface area contributed by atoms with Crippen LogP contribution >= 0.6 is 0 Å². The second kappa shape index (κ2) is 11.0. The van der Waals surface area contributed by atoms with E-state index in [0.717, 1.165) is 23.3 Å². The Morgan fingerprint density at radius 3 is 2.34 bits per heavy atom. The van der Waals surface area contributed by atoms with E-state index in [-0.39, 0.29) is 12.8 Å². The molecule has 0 unspecified atom stereocenters. The van der Waals surface area contributed by atoms with Crippen molar-refractivity contribution in [2.45, 2.75) is 25.5 Å². The van der Waals surface area contributed by atoms with Gasteiger partial charge in [0.15, 0.2) is 11.6 Å². The van der Waals surface area contributed by atoms with Crippen LogP contribution in [0.25, 0.3) is 0 Å². The number of halogens is 2. The maximum absolute atomic E-state index is 13.4. The zero-order valence-corrected chi connectivity index (χ0v) is 17.5. The minimum absolute atomic E-state index is 0.179. The zero-order valence-electron chi connectivity index (χ0n) is 17.5. The van der Waals surface area contributed by atoms with Gasteiger partial charge in [0.05, 0.1) is 13.5 Å². The Morgan fingerprint density at radius 1 is 0.875 bits per heavy atom. The Bertz CT molecular complexity index is 1070. The molecule has 7 heteroatoms. The van der Waals surface area contributed by atoms with Crippen molar-refractivity contribution in [3.05, 3.63) is 101 Å². The molecule has 1 amide bonds. The van der Waals surface area contributed by atoms with Crippen molar-refractivity contribution in [2.75, 3.05) is 7.11 Å². The van der Waals surface area contributed by atoms with Crippen molar-refractivity contribution >= 4 is 11.9 Å². The lowest BCUT2D eigenvalue weighted by Gasteiger charge is -2.17. The highest BCUT2D eigenvalue weighted by atomic mass is 19.2. The Labute approximate surface area is 185 Å². The Kier molecular flexibility index (Phi) is 7.91.